The second-order valence-electron chi connectivity index (χ2n) is 7.09. The van der Waals surface area contributed by atoms with Gasteiger partial charge in [0, 0.05) is 22.9 Å². The number of esters is 1. The largest absolute Gasteiger partial charge is 0.493 e. The molecule has 164 valence electrons. The smallest absolute Gasteiger partial charge is 0.357 e. The third-order valence-electron chi connectivity index (χ3n) is 5.17. The molecule has 0 fully saturated rings. The van der Waals surface area contributed by atoms with Gasteiger partial charge in [-0.3, -0.25) is 9.89 Å². The Balaban J connectivity index is 1.90. The van der Waals surface area contributed by atoms with Crippen LogP contribution in [0.15, 0.2) is 52.3 Å². The maximum atomic E-state index is 13.2. The van der Waals surface area contributed by atoms with Crippen LogP contribution in [0.1, 0.15) is 23.7 Å². The topological polar surface area (TPSA) is 94.9 Å². The predicted octanol–water partition coefficient (Wildman–Crippen LogP) is 3.68. The number of hydrogen-bond donors (Lipinski definition) is 1. The van der Waals surface area contributed by atoms with Crippen LogP contribution in [-0.4, -0.2) is 42.3 Å². The van der Waals surface area contributed by atoms with E-state index in [-0.39, 0.29) is 17.9 Å². The fourth-order valence-electron chi connectivity index (χ4n) is 3.62. The maximum Gasteiger partial charge on any atom is 0.357 e. The monoisotopic (exact) mass is 433 g/mol. The van der Waals surface area contributed by atoms with Crippen LogP contribution in [0.5, 0.6) is 11.5 Å². The van der Waals surface area contributed by atoms with Crippen LogP contribution in [-0.2, 0) is 9.53 Å². The van der Waals surface area contributed by atoms with E-state index < -0.39 is 5.97 Å². The van der Waals surface area contributed by atoms with Gasteiger partial charge in [-0.1, -0.05) is 18.2 Å². The van der Waals surface area contributed by atoms with E-state index in [1.807, 2.05) is 30.3 Å². The van der Waals surface area contributed by atoms with Crippen LogP contribution >= 0.6 is 0 Å². The van der Waals surface area contributed by atoms with E-state index in [1.54, 1.807) is 32.1 Å². The number of para-hydroxylation sites is 1. The summed E-state index contributed by atoms with van der Waals surface area (Å²) in [5, 5.41) is 3.10. The summed E-state index contributed by atoms with van der Waals surface area (Å²) in [7, 11) is 3.06. The van der Waals surface area contributed by atoms with Gasteiger partial charge < -0.3 is 14.2 Å². The van der Waals surface area contributed by atoms with Crippen molar-refractivity contribution < 1.29 is 19.0 Å². The number of H-pyrrole nitrogens is 1. The fourth-order valence-corrected chi connectivity index (χ4v) is 3.62. The van der Waals surface area contributed by atoms with Crippen molar-refractivity contribution in [3.05, 3.63) is 69.6 Å². The maximum absolute atomic E-state index is 13.2. The summed E-state index contributed by atoms with van der Waals surface area (Å²) < 4.78 is 17.5. The van der Waals surface area contributed by atoms with Crippen molar-refractivity contribution in [1.82, 2.24) is 9.78 Å². The Labute approximate surface area is 184 Å². The van der Waals surface area contributed by atoms with Crippen LogP contribution in [0.3, 0.4) is 0 Å². The summed E-state index contributed by atoms with van der Waals surface area (Å²) in [6.07, 6.45) is 1.67. The molecule has 8 nitrogen and oxygen atoms in total. The molecule has 0 bridgehead atoms. The second kappa shape index (κ2) is 8.58. The predicted molar refractivity (Wildman–Crippen MR) is 122 cm³/mol. The van der Waals surface area contributed by atoms with Crippen molar-refractivity contribution in [3.63, 3.8) is 0 Å². The molecule has 0 saturated carbocycles. The lowest BCUT2D eigenvalue weighted by Crippen LogP contribution is -2.18. The number of nitrogens with one attached hydrogen (secondary N) is 1. The van der Waals surface area contributed by atoms with E-state index in [9.17, 15) is 9.59 Å². The van der Waals surface area contributed by atoms with Gasteiger partial charge in [-0.15, -0.1) is 0 Å². The van der Waals surface area contributed by atoms with E-state index in [0.717, 1.165) is 0 Å². The number of aromatic amines is 1. The number of aromatic nitrogens is 2. The molecule has 4 rings (SSSR count). The zero-order valence-corrected chi connectivity index (χ0v) is 18.3. The highest BCUT2D eigenvalue weighted by molar-refractivity contribution is 6.58. The molecule has 1 aliphatic rings. The average Bonchev–Trinajstić information content (AvgIpc) is 3.30. The Hall–Kier alpha value is -4.07. The van der Waals surface area contributed by atoms with Crippen LogP contribution in [0, 0.1) is 6.92 Å². The lowest BCUT2D eigenvalue weighted by Gasteiger charge is -2.10. The van der Waals surface area contributed by atoms with Crippen molar-refractivity contribution >= 4 is 29.0 Å². The molecule has 0 saturated heterocycles. The number of methoxy groups -OCH3 is 2. The first-order valence-corrected chi connectivity index (χ1v) is 10.1. The molecular formula is C24H23N3O5. The van der Waals surface area contributed by atoms with E-state index >= 15 is 0 Å². The summed E-state index contributed by atoms with van der Waals surface area (Å²) in [5.74, 6) is 0.415. The van der Waals surface area contributed by atoms with E-state index in [0.29, 0.717) is 45.3 Å². The highest BCUT2D eigenvalue weighted by atomic mass is 16.5. The molecule has 0 amide bonds. The molecule has 0 radical (unpaired) electrons. The van der Waals surface area contributed by atoms with Crippen molar-refractivity contribution in [2.24, 2.45) is 4.99 Å². The van der Waals surface area contributed by atoms with Gasteiger partial charge in [0.1, 0.15) is 0 Å². The van der Waals surface area contributed by atoms with Crippen LogP contribution in [0.4, 0.5) is 5.69 Å². The van der Waals surface area contributed by atoms with Crippen molar-refractivity contribution in [2.45, 2.75) is 13.8 Å². The van der Waals surface area contributed by atoms with E-state index in [1.165, 1.54) is 18.9 Å². The number of nitrogens with zero attached hydrogens (tertiary/aromatic N) is 2. The van der Waals surface area contributed by atoms with Gasteiger partial charge in [-0.25, -0.2) is 14.5 Å². The molecule has 8 heteroatoms. The van der Waals surface area contributed by atoms with Gasteiger partial charge in [-0.05, 0) is 38.1 Å². The number of hydrogen-bond acceptors (Lipinski definition) is 6. The van der Waals surface area contributed by atoms with Gasteiger partial charge in [0.15, 0.2) is 17.2 Å². The highest BCUT2D eigenvalue weighted by Crippen LogP contribution is 2.43. The SMILES string of the molecule is CCOC(=O)C1=Nc2cc(OC)c(OC)cc2/C1=C\c1c(C)[nH]n(-c2ccccc2)c1=O. The minimum Gasteiger partial charge on any atom is -0.493 e. The van der Waals surface area contributed by atoms with Crippen molar-refractivity contribution in [1.29, 1.82) is 0 Å². The van der Waals surface area contributed by atoms with Crippen LogP contribution in [0.25, 0.3) is 17.3 Å². The third-order valence-corrected chi connectivity index (χ3v) is 5.17. The molecule has 32 heavy (non-hydrogen) atoms. The fraction of sp³-hybridized carbons (Fsp3) is 0.208. The molecule has 0 unspecified atom stereocenters. The first kappa shape index (κ1) is 21.2. The Morgan fingerprint density at radius 3 is 2.47 bits per heavy atom. The number of carbonyl (C=O) groups excluding carboxylic acids is 1. The molecule has 1 aromatic heterocycles. The normalized spacial score (nSPS) is 13.6. The summed E-state index contributed by atoms with van der Waals surface area (Å²) >= 11 is 0. The number of rotatable bonds is 6. The number of ether oxygens (including phenoxy) is 3. The van der Waals surface area contributed by atoms with Crippen LogP contribution < -0.4 is 15.0 Å². The summed E-state index contributed by atoms with van der Waals surface area (Å²) in [5.41, 5.74) is 3.35. The highest BCUT2D eigenvalue weighted by Gasteiger charge is 2.30. The first-order chi connectivity index (χ1) is 15.5. The van der Waals surface area contributed by atoms with E-state index in [4.69, 9.17) is 14.2 Å². The molecule has 2 aromatic carbocycles. The molecule has 0 spiro atoms. The quantitative estimate of drug-likeness (QED) is 0.599. The summed E-state index contributed by atoms with van der Waals surface area (Å²) in [6, 6.07) is 12.7. The molecule has 1 N–H and O–H groups in total. The van der Waals surface area contributed by atoms with Crippen molar-refractivity contribution in [3.8, 4) is 17.2 Å². The molecule has 1 aliphatic heterocycles. The zero-order chi connectivity index (χ0) is 22.8. The standard InChI is InChI=1S/C24H23N3O5/c1-5-32-24(29)22-18(17-12-20(30-3)21(31-4)13-19(17)25-22)11-16-14(2)26-27(23(16)28)15-9-7-6-8-10-15/h6-13,26H,5H2,1-4H3/b18-11+. The Bertz CT molecular complexity index is 1300. The molecule has 0 aliphatic carbocycles. The minimum absolute atomic E-state index is 0.128. The summed E-state index contributed by atoms with van der Waals surface area (Å²) in [6.45, 7) is 3.74. The number of benzene rings is 2. The second-order valence-corrected chi connectivity index (χ2v) is 7.09. The first-order valence-electron chi connectivity index (χ1n) is 10.1. The van der Waals surface area contributed by atoms with Gasteiger partial charge >= 0.3 is 5.97 Å². The molecular weight excluding hydrogens is 410 g/mol. The third kappa shape index (κ3) is 3.60. The zero-order valence-electron chi connectivity index (χ0n) is 18.3. The van der Waals surface area contributed by atoms with E-state index in [2.05, 4.69) is 10.1 Å². The minimum atomic E-state index is -0.565. The average molecular weight is 433 g/mol. The van der Waals surface area contributed by atoms with Crippen LogP contribution in [0.2, 0.25) is 0 Å². The number of carbonyl (C=O) groups is 1. The van der Waals surface area contributed by atoms with Gasteiger partial charge in [0.25, 0.3) is 5.56 Å². The van der Waals surface area contributed by atoms with Gasteiger partial charge in [0.2, 0.25) is 0 Å². The van der Waals surface area contributed by atoms with Gasteiger partial charge in [-0.2, -0.15) is 0 Å². The van der Waals surface area contributed by atoms with Crippen molar-refractivity contribution in [2.75, 3.05) is 20.8 Å². The molecule has 0 atom stereocenters. The Morgan fingerprint density at radius 2 is 1.81 bits per heavy atom. The molecule has 3 aromatic rings. The lowest BCUT2D eigenvalue weighted by atomic mass is 9.99. The number of aryl methyl sites for hydroxylation is 1. The Morgan fingerprint density at radius 1 is 1.12 bits per heavy atom. The lowest BCUT2D eigenvalue weighted by molar-refractivity contribution is -0.134. The molecule has 2 heterocycles. The summed E-state index contributed by atoms with van der Waals surface area (Å²) in [4.78, 5) is 30.3. The Kier molecular flexibility index (Phi) is 5.68. The number of aliphatic imine (C=N–C) groups is 1. The van der Waals surface area contributed by atoms with Gasteiger partial charge in [0.05, 0.1) is 37.8 Å². The number of fused-ring (bicyclic) bond motifs is 1.